The van der Waals surface area contributed by atoms with Crippen LogP contribution in [0.3, 0.4) is 0 Å². The Morgan fingerprint density at radius 1 is 1.24 bits per heavy atom. The fraction of sp³-hybridized carbons (Fsp3) is 0.200. The molecule has 0 aliphatic rings. The average molecular weight is 284 g/mol. The van der Waals surface area contributed by atoms with Crippen LogP contribution in [0, 0.1) is 6.92 Å². The molecule has 0 saturated heterocycles. The van der Waals surface area contributed by atoms with Gasteiger partial charge < -0.3 is 10.7 Å². The Morgan fingerprint density at radius 3 is 2.81 bits per heavy atom. The Bertz CT molecular complexity index is 917. The molecule has 0 saturated carbocycles. The average Bonchev–Trinajstić information content (AvgIpc) is 2.80. The van der Waals surface area contributed by atoms with Gasteiger partial charge in [0.05, 0.1) is 0 Å². The minimum atomic E-state index is -0.476. The van der Waals surface area contributed by atoms with Crippen LogP contribution in [0.25, 0.3) is 10.9 Å². The van der Waals surface area contributed by atoms with Gasteiger partial charge in [-0.1, -0.05) is 11.6 Å². The smallest absolute Gasteiger partial charge is 0.329 e. The molecule has 2 heterocycles. The van der Waals surface area contributed by atoms with Crippen LogP contribution in [-0.4, -0.2) is 14.5 Å². The van der Waals surface area contributed by atoms with Crippen LogP contribution >= 0.6 is 0 Å². The molecule has 0 spiro atoms. The monoisotopic (exact) mass is 284 g/mol. The third-order valence-corrected chi connectivity index (χ3v) is 3.59. The fourth-order valence-corrected chi connectivity index (χ4v) is 2.50. The molecule has 2 aromatic heterocycles. The number of nitrogens with two attached hydrogens (primary N) is 1. The number of aryl methyl sites for hydroxylation is 2. The normalized spacial score (nSPS) is 11.1. The van der Waals surface area contributed by atoms with Gasteiger partial charge in [-0.05, 0) is 31.0 Å². The third kappa shape index (κ3) is 2.47. The summed E-state index contributed by atoms with van der Waals surface area (Å²) in [6.45, 7) is 2.46. The Labute approximate surface area is 120 Å². The number of rotatable bonds is 3. The molecule has 3 rings (SSSR count). The van der Waals surface area contributed by atoms with E-state index in [1.165, 1.54) is 16.2 Å². The second kappa shape index (κ2) is 4.97. The quantitative estimate of drug-likeness (QED) is 0.673. The Hall–Kier alpha value is -2.76. The molecule has 0 unspecified atom stereocenters. The predicted octanol–water partition coefficient (Wildman–Crippen LogP) is 1.15. The number of nitrogens with one attached hydrogen (secondary N) is 2. The van der Waals surface area contributed by atoms with Crippen molar-refractivity contribution >= 4 is 16.7 Å². The summed E-state index contributed by atoms with van der Waals surface area (Å²) in [6, 6.07) is 7.42. The summed E-state index contributed by atoms with van der Waals surface area (Å²) in [4.78, 5) is 28.3. The highest BCUT2D eigenvalue weighted by Crippen LogP contribution is 2.20. The van der Waals surface area contributed by atoms with E-state index in [1.807, 2.05) is 25.3 Å². The first-order chi connectivity index (χ1) is 10.0. The van der Waals surface area contributed by atoms with E-state index < -0.39 is 11.2 Å². The highest BCUT2D eigenvalue weighted by Gasteiger charge is 2.07. The van der Waals surface area contributed by atoms with E-state index in [-0.39, 0.29) is 5.82 Å². The molecule has 3 aromatic rings. The van der Waals surface area contributed by atoms with E-state index in [9.17, 15) is 9.59 Å². The summed E-state index contributed by atoms with van der Waals surface area (Å²) in [5.74, 6) is 0.180. The van der Waals surface area contributed by atoms with Crippen molar-refractivity contribution in [1.82, 2.24) is 14.5 Å². The van der Waals surface area contributed by atoms with Crippen molar-refractivity contribution in [3.8, 4) is 0 Å². The van der Waals surface area contributed by atoms with Gasteiger partial charge in [0.2, 0.25) is 0 Å². The highest BCUT2D eigenvalue weighted by atomic mass is 16.2. The Kier molecular flexibility index (Phi) is 3.13. The molecule has 0 amide bonds. The van der Waals surface area contributed by atoms with E-state index >= 15 is 0 Å². The molecule has 6 heteroatoms. The standard InChI is InChI=1S/C15H16N4O2/c1-9-2-3-12-11(6-9)10(8-17-12)4-5-19-13(16)7-14(20)18-15(19)21/h2-3,6-8,17H,4-5,16H2,1H3,(H,18,20,21). The lowest BCUT2D eigenvalue weighted by atomic mass is 10.1. The van der Waals surface area contributed by atoms with Crippen molar-refractivity contribution in [1.29, 1.82) is 0 Å². The van der Waals surface area contributed by atoms with Gasteiger partial charge in [0.1, 0.15) is 5.82 Å². The lowest BCUT2D eigenvalue weighted by Gasteiger charge is -2.07. The number of hydrogen-bond donors (Lipinski definition) is 3. The number of H-pyrrole nitrogens is 2. The van der Waals surface area contributed by atoms with Gasteiger partial charge in [-0.2, -0.15) is 0 Å². The first-order valence-corrected chi connectivity index (χ1v) is 6.71. The van der Waals surface area contributed by atoms with Crippen molar-refractivity contribution in [2.45, 2.75) is 19.9 Å². The highest BCUT2D eigenvalue weighted by molar-refractivity contribution is 5.83. The molecule has 6 nitrogen and oxygen atoms in total. The number of benzene rings is 1. The Morgan fingerprint density at radius 2 is 2.05 bits per heavy atom. The molecule has 1 aromatic carbocycles. The van der Waals surface area contributed by atoms with Crippen LogP contribution in [0.2, 0.25) is 0 Å². The van der Waals surface area contributed by atoms with Gasteiger partial charge in [0.15, 0.2) is 0 Å². The van der Waals surface area contributed by atoms with Crippen LogP contribution < -0.4 is 17.0 Å². The van der Waals surface area contributed by atoms with Gasteiger partial charge >= 0.3 is 5.69 Å². The SMILES string of the molecule is Cc1ccc2[nH]cc(CCn3c(N)cc(=O)[nH]c3=O)c2c1. The van der Waals surface area contributed by atoms with Crippen LogP contribution in [0.15, 0.2) is 40.1 Å². The van der Waals surface area contributed by atoms with Crippen LogP contribution in [0.5, 0.6) is 0 Å². The van der Waals surface area contributed by atoms with Crippen molar-refractivity contribution in [3.05, 3.63) is 62.4 Å². The number of nitrogen functional groups attached to an aromatic ring is 1. The number of aromatic nitrogens is 3. The maximum Gasteiger partial charge on any atom is 0.329 e. The first-order valence-electron chi connectivity index (χ1n) is 6.71. The van der Waals surface area contributed by atoms with Crippen molar-refractivity contribution in [2.75, 3.05) is 5.73 Å². The first kappa shape index (κ1) is 13.2. The summed E-state index contributed by atoms with van der Waals surface area (Å²) < 4.78 is 1.37. The molecule has 4 N–H and O–H groups in total. The molecule has 21 heavy (non-hydrogen) atoms. The molecule has 0 aliphatic carbocycles. The summed E-state index contributed by atoms with van der Waals surface area (Å²) in [6.07, 6.45) is 2.59. The van der Waals surface area contributed by atoms with E-state index in [2.05, 4.69) is 16.0 Å². The zero-order chi connectivity index (χ0) is 15.0. The molecule has 0 fully saturated rings. The van der Waals surface area contributed by atoms with Crippen LogP contribution in [0.4, 0.5) is 5.82 Å². The molecule has 0 radical (unpaired) electrons. The molecular weight excluding hydrogens is 268 g/mol. The number of fused-ring (bicyclic) bond motifs is 1. The van der Waals surface area contributed by atoms with Gasteiger partial charge in [-0.3, -0.25) is 14.3 Å². The summed E-state index contributed by atoms with van der Waals surface area (Å²) in [7, 11) is 0. The second-order valence-corrected chi connectivity index (χ2v) is 5.13. The molecule has 0 aliphatic heterocycles. The third-order valence-electron chi connectivity index (χ3n) is 3.59. The lowest BCUT2D eigenvalue weighted by Crippen LogP contribution is -2.31. The second-order valence-electron chi connectivity index (χ2n) is 5.13. The topological polar surface area (TPSA) is 96.7 Å². The van der Waals surface area contributed by atoms with Crippen molar-refractivity contribution in [3.63, 3.8) is 0 Å². The van der Waals surface area contributed by atoms with Gasteiger partial charge in [0, 0.05) is 29.7 Å². The van der Waals surface area contributed by atoms with E-state index in [0.29, 0.717) is 13.0 Å². The van der Waals surface area contributed by atoms with Crippen LogP contribution in [-0.2, 0) is 13.0 Å². The van der Waals surface area contributed by atoms with Gasteiger partial charge in [-0.25, -0.2) is 4.79 Å². The van der Waals surface area contributed by atoms with Crippen molar-refractivity contribution < 1.29 is 0 Å². The largest absolute Gasteiger partial charge is 0.385 e. The Balaban J connectivity index is 1.92. The van der Waals surface area contributed by atoms with Gasteiger partial charge in [0.25, 0.3) is 5.56 Å². The summed E-state index contributed by atoms with van der Waals surface area (Å²) in [5.41, 5.74) is 8.15. The number of hydrogen-bond acceptors (Lipinski definition) is 3. The summed E-state index contributed by atoms with van der Waals surface area (Å²) in [5, 5.41) is 1.14. The molecule has 0 bridgehead atoms. The zero-order valence-electron chi connectivity index (χ0n) is 11.6. The lowest BCUT2D eigenvalue weighted by molar-refractivity contribution is 0.657. The number of anilines is 1. The minimum Gasteiger partial charge on any atom is -0.385 e. The predicted molar refractivity (Wildman–Crippen MR) is 82.5 cm³/mol. The summed E-state index contributed by atoms with van der Waals surface area (Å²) >= 11 is 0. The number of aromatic amines is 2. The molecule has 0 atom stereocenters. The van der Waals surface area contributed by atoms with E-state index in [0.717, 1.165) is 16.5 Å². The zero-order valence-corrected chi connectivity index (χ0v) is 11.6. The maximum atomic E-state index is 11.8. The molecular formula is C15H16N4O2. The van der Waals surface area contributed by atoms with Gasteiger partial charge in [-0.15, -0.1) is 0 Å². The van der Waals surface area contributed by atoms with Crippen molar-refractivity contribution in [2.24, 2.45) is 0 Å². The number of nitrogens with zero attached hydrogens (tertiary/aromatic N) is 1. The van der Waals surface area contributed by atoms with Crippen LogP contribution in [0.1, 0.15) is 11.1 Å². The minimum absolute atomic E-state index is 0.180. The van der Waals surface area contributed by atoms with E-state index in [1.54, 1.807) is 0 Å². The fourth-order valence-electron chi connectivity index (χ4n) is 2.50. The van der Waals surface area contributed by atoms with E-state index in [4.69, 9.17) is 5.73 Å². The molecule has 108 valence electrons. The maximum absolute atomic E-state index is 11.8.